The second kappa shape index (κ2) is 7.84. The van der Waals surface area contributed by atoms with Crippen molar-refractivity contribution in [1.29, 1.82) is 0 Å². The molecule has 1 amide bonds. The third kappa shape index (κ3) is 3.52. The molecule has 0 spiro atoms. The molecule has 2 saturated heterocycles. The maximum absolute atomic E-state index is 12.5. The van der Waals surface area contributed by atoms with Crippen molar-refractivity contribution in [3.8, 4) is 11.5 Å². The van der Waals surface area contributed by atoms with Crippen molar-refractivity contribution in [2.45, 2.75) is 56.4 Å². The standard InChI is InChI=1S/C22H27N7O3/c30-13-27-7-3-14(4-8-27)18-11-19(31)24-21-17(12-23-29(18)21)22-25-20(26-32-22)15-5-9-28(10-6-15)16-1-2-16/h11-16H,1-10H2,(H,24,31). The van der Waals surface area contributed by atoms with Crippen molar-refractivity contribution in [2.75, 3.05) is 26.2 Å². The van der Waals surface area contributed by atoms with Gasteiger partial charge in [0.1, 0.15) is 11.2 Å². The average molecular weight is 438 g/mol. The Bertz CT molecular complexity index is 1180. The van der Waals surface area contributed by atoms with Crippen molar-refractivity contribution in [3.05, 3.63) is 34.1 Å². The fourth-order valence-electron chi connectivity index (χ4n) is 5.23. The summed E-state index contributed by atoms with van der Waals surface area (Å²) in [6.45, 7) is 3.55. The first kappa shape index (κ1) is 19.7. The lowest BCUT2D eigenvalue weighted by Crippen LogP contribution is -2.34. The Kier molecular flexibility index (Phi) is 4.82. The molecule has 3 aliphatic rings. The van der Waals surface area contributed by atoms with Crippen LogP contribution in [-0.2, 0) is 4.79 Å². The smallest absolute Gasteiger partial charge is 0.263 e. The van der Waals surface area contributed by atoms with Crippen molar-refractivity contribution >= 4 is 12.1 Å². The molecule has 0 atom stereocenters. The van der Waals surface area contributed by atoms with Gasteiger partial charge in [0.05, 0.1) is 11.9 Å². The number of amides is 1. The van der Waals surface area contributed by atoms with Gasteiger partial charge in [-0.1, -0.05) is 5.16 Å². The summed E-state index contributed by atoms with van der Waals surface area (Å²) < 4.78 is 7.39. The third-order valence-corrected chi connectivity index (χ3v) is 7.26. The lowest BCUT2D eigenvalue weighted by molar-refractivity contribution is -0.119. The lowest BCUT2D eigenvalue weighted by Gasteiger charge is -2.30. The van der Waals surface area contributed by atoms with E-state index in [1.807, 2.05) is 0 Å². The van der Waals surface area contributed by atoms with Crippen LogP contribution in [0.3, 0.4) is 0 Å². The molecule has 3 fully saturated rings. The summed E-state index contributed by atoms with van der Waals surface area (Å²) in [5, 5.41) is 8.81. The zero-order valence-corrected chi connectivity index (χ0v) is 17.9. The molecule has 2 aliphatic heterocycles. The molecule has 10 nitrogen and oxygen atoms in total. The topological polar surface area (TPSA) is 113 Å². The summed E-state index contributed by atoms with van der Waals surface area (Å²) in [7, 11) is 0. The Balaban J connectivity index is 1.26. The van der Waals surface area contributed by atoms with Gasteiger partial charge in [-0.05, 0) is 51.6 Å². The molecule has 1 N–H and O–H groups in total. The van der Waals surface area contributed by atoms with E-state index in [-0.39, 0.29) is 11.5 Å². The van der Waals surface area contributed by atoms with E-state index in [9.17, 15) is 9.59 Å². The van der Waals surface area contributed by atoms with Crippen LogP contribution in [0.1, 0.15) is 61.9 Å². The molecule has 3 aromatic heterocycles. The van der Waals surface area contributed by atoms with E-state index in [1.54, 1.807) is 21.7 Å². The summed E-state index contributed by atoms with van der Waals surface area (Å²) in [6, 6.07) is 2.41. The summed E-state index contributed by atoms with van der Waals surface area (Å²) >= 11 is 0. The molecule has 3 aromatic rings. The number of carbonyl (C=O) groups excluding carboxylic acids is 1. The number of hydrogen-bond donors (Lipinski definition) is 1. The van der Waals surface area contributed by atoms with E-state index in [1.165, 1.54) is 12.8 Å². The van der Waals surface area contributed by atoms with Gasteiger partial charge < -0.3 is 19.3 Å². The van der Waals surface area contributed by atoms with E-state index in [4.69, 9.17) is 4.52 Å². The number of carbonyl (C=O) groups is 1. The fraction of sp³-hybridized carbons (Fsp3) is 0.591. The fourth-order valence-corrected chi connectivity index (χ4v) is 5.23. The van der Waals surface area contributed by atoms with Gasteiger partial charge in [0, 0.05) is 37.0 Å². The van der Waals surface area contributed by atoms with Crippen LogP contribution in [0.4, 0.5) is 0 Å². The van der Waals surface area contributed by atoms with Gasteiger partial charge in [0.2, 0.25) is 6.41 Å². The minimum atomic E-state index is -0.181. The number of aromatic nitrogens is 5. The van der Waals surface area contributed by atoms with Crippen LogP contribution in [0.25, 0.3) is 17.1 Å². The molecule has 6 rings (SSSR count). The third-order valence-electron chi connectivity index (χ3n) is 7.26. The minimum Gasteiger partial charge on any atom is -0.345 e. The Morgan fingerprint density at radius 3 is 2.50 bits per heavy atom. The van der Waals surface area contributed by atoms with E-state index in [0.29, 0.717) is 36.1 Å². The van der Waals surface area contributed by atoms with Gasteiger partial charge in [-0.25, -0.2) is 4.52 Å². The van der Waals surface area contributed by atoms with Crippen molar-refractivity contribution in [2.24, 2.45) is 0 Å². The number of hydrogen-bond acceptors (Lipinski definition) is 7. The number of aromatic amines is 1. The largest absolute Gasteiger partial charge is 0.345 e. The van der Waals surface area contributed by atoms with E-state index < -0.39 is 0 Å². The number of H-pyrrole nitrogens is 1. The molecule has 1 aliphatic carbocycles. The zero-order valence-electron chi connectivity index (χ0n) is 17.9. The summed E-state index contributed by atoms with van der Waals surface area (Å²) in [4.78, 5) is 35.4. The molecule has 0 radical (unpaired) electrons. The Morgan fingerprint density at radius 1 is 1.03 bits per heavy atom. The average Bonchev–Trinajstić information content (AvgIpc) is 3.42. The first-order valence-corrected chi connectivity index (χ1v) is 11.6. The van der Waals surface area contributed by atoms with Gasteiger partial charge in [0.25, 0.3) is 11.4 Å². The monoisotopic (exact) mass is 437 g/mol. The molecule has 168 valence electrons. The zero-order chi connectivity index (χ0) is 21.7. The summed E-state index contributed by atoms with van der Waals surface area (Å²) in [5.74, 6) is 1.61. The highest BCUT2D eigenvalue weighted by atomic mass is 16.5. The predicted molar refractivity (Wildman–Crippen MR) is 115 cm³/mol. The molecule has 1 saturated carbocycles. The quantitative estimate of drug-likeness (QED) is 0.605. The van der Waals surface area contributed by atoms with Crippen LogP contribution in [0.15, 0.2) is 21.6 Å². The molecule has 0 unspecified atom stereocenters. The maximum atomic E-state index is 12.5. The molecule has 0 aromatic carbocycles. The Hall–Kier alpha value is -3.01. The SMILES string of the molecule is O=CN1CCC(c2cc(=O)[nH]c3c(-c4nc(C5CCN(C6CC6)CC5)no4)cnn23)CC1. The lowest BCUT2D eigenvalue weighted by atomic mass is 9.93. The van der Waals surface area contributed by atoms with Gasteiger partial charge in [-0.15, -0.1) is 0 Å². The summed E-state index contributed by atoms with van der Waals surface area (Å²) in [6.07, 6.45) is 8.94. The second-order valence-electron chi connectivity index (χ2n) is 9.29. The normalized spacial score (nSPS) is 21.4. The number of piperidine rings is 2. The highest BCUT2D eigenvalue weighted by Crippen LogP contribution is 2.35. The molecular weight excluding hydrogens is 410 g/mol. The predicted octanol–water partition coefficient (Wildman–Crippen LogP) is 1.75. The van der Waals surface area contributed by atoms with Crippen LogP contribution in [0.2, 0.25) is 0 Å². The molecular formula is C22H27N7O3. The van der Waals surface area contributed by atoms with E-state index in [2.05, 4.69) is 25.1 Å². The van der Waals surface area contributed by atoms with Crippen LogP contribution in [0, 0.1) is 0 Å². The number of nitrogens with zero attached hydrogens (tertiary/aromatic N) is 6. The highest BCUT2D eigenvalue weighted by molar-refractivity contribution is 5.71. The van der Waals surface area contributed by atoms with E-state index >= 15 is 0 Å². The van der Waals surface area contributed by atoms with Gasteiger partial charge >= 0.3 is 0 Å². The van der Waals surface area contributed by atoms with Crippen LogP contribution in [0.5, 0.6) is 0 Å². The molecule has 10 heteroatoms. The van der Waals surface area contributed by atoms with Gasteiger partial charge in [-0.3, -0.25) is 9.59 Å². The van der Waals surface area contributed by atoms with Crippen LogP contribution < -0.4 is 5.56 Å². The Morgan fingerprint density at radius 2 is 1.78 bits per heavy atom. The number of fused-ring (bicyclic) bond motifs is 1. The first-order chi connectivity index (χ1) is 15.7. The number of rotatable bonds is 5. The van der Waals surface area contributed by atoms with Gasteiger partial charge in [-0.2, -0.15) is 10.1 Å². The number of nitrogens with one attached hydrogen (secondary N) is 1. The van der Waals surface area contributed by atoms with Gasteiger partial charge in [0.15, 0.2) is 5.82 Å². The van der Waals surface area contributed by atoms with Crippen molar-refractivity contribution < 1.29 is 9.32 Å². The molecule has 5 heterocycles. The molecule has 32 heavy (non-hydrogen) atoms. The van der Waals surface area contributed by atoms with Crippen LogP contribution >= 0.6 is 0 Å². The van der Waals surface area contributed by atoms with Crippen LogP contribution in [-0.4, -0.2) is 73.2 Å². The first-order valence-electron chi connectivity index (χ1n) is 11.6. The second-order valence-corrected chi connectivity index (χ2v) is 9.29. The maximum Gasteiger partial charge on any atom is 0.263 e. The summed E-state index contributed by atoms with van der Waals surface area (Å²) in [5.41, 5.74) is 1.89. The minimum absolute atomic E-state index is 0.165. The van der Waals surface area contributed by atoms with E-state index in [0.717, 1.165) is 62.7 Å². The molecule has 0 bridgehead atoms. The van der Waals surface area contributed by atoms with Crippen molar-refractivity contribution in [3.63, 3.8) is 0 Å². The Labute approximate surface area is 184 Å². The highest BCUT2D eigenvalue weighted by Gasteiger charge is 2.33. The number of likely N-dealkylation sites (tertiary alicyclic amines) is 2. The van der Waals surface area contributed by atoms with Crippen molar-refractivity contribution in [1.82, 2.24) is 34.5 Å².